The summed E-state index contributed by atoms with van der Waals surface area (Å²) in [6.07, 6.45) is 9.26. The largest absolute Gasteiger partial charge is 0.381 e. The summed E-state index contributed by atoms with van der Waals surface area (Å²) in [5, 5.41) is 4.19. The zero-order valence-corrected chi connectivity index (χ0v) is 14.0. The molecule has 1 unspecified atom stereocenters. The molecule has 2 fully saturated rings. The van der Waals surface area contributed by atoms with Crippen LogP contribution in [0.15, 0.2) is 22.7 Å². The van der Waals surface area contributed by atoms with Crippen molar-refractivity contribution in [3.05, 3.63) is 27.7 Å². The Bertz CT molecular complexity index is 474. The van der Waals surface area contributed by atoms with Crippen LogP contribution in [0.4, 0.5) is 5.69 Å². The SMILES string of the molecule is Clc1ccc(Br)cc1NCC1CCC2(CCCCC2)O1. The van der Waals surface area contributed by atoms with E-state index < -0.39 is 0 Å². The Morgan fingerprint density at radius 2 is 2.05 bits per heavy atom. The maximum absolute atomic E-state index is 6.36. The molecule has 0 bridgehead atoms. The second kappa shape index (κ2) is 6.25. The fraction of sp³-hybridized carbons (Fsp3) is 0.625. The average Bonchev–Trinajstić information content (AvgIpc) is 2.84. The highest BCUT2D eigenvalue weighted by Crippen LogP contribution is 2.42. The lowest BCUT2D eigenvalue weighted by molar-refractivity contribution is -0.0588. The summed E-state index contributed by atoms with van der Waals surface area (Å²) >= 11 is 9.68. The highest BCUT2D eigenvalue weighted by Gasteiger charge is 2.40. The van der Waals surface area contributed by atoms with Gasteiger partial charge in [-0.2, -0.15) is 0 Å². The van der Waals surface area contributed by atoms with Crippen LogP contribution in [0.5, 0.6) is 0 Å². The molecule has 1 atom stereocenters. The second-order valence-electron chi connectivity index (χ2n) is 6.03. The van der Waals surface area contributed by atoms with Crippen molar-refractivity contribution in [3.63, 3.8) is 0 Å². The van der Waals surface area contributed by atoms with Gasteiger partial charge in [0.1, 0.15) is 0 Å². The number of nitrogens with one attached hydrogen (secondary N) is 1. The third-order valence-corrected chi connectivity index (χ3v) is 5.37. The van der Waals surface area contributed by atoms with E-state index in [4.69, 9.17) is 16.3 Å². The van der Waals surface area contributed by atoms with Gasteiger partial charge in [0, 0.05) is 11.0 Å². The molecule has 0 radical (unpaired) electrons. The summed E-state index contributed by atoms with van der Waals surface area (Å²) in [7, 11) is 0. The minimum atomic E-state index is 0.200. The van der Waals surface area contributed by atoms with Crippen molar-refractivity contribution >= 4 is 33.2 Å². The highest BCUT2D eigenvalue weighted by atomic mass is 79.9. The zero-order valence-electron chi connectivity index (χ0n) is 11.6. The Morgan fingerprint density at radius 3 is 2.85 bits per heavy atom. The highest BCUT2D eigenvalue weighted by molar-refractivity contribution is 9.10. The zero-order chi connectivity index (χ0) is 14.0. The fourth-order valence-corrected chi connectivity index (χ4v) is 4.01. The molecule has 110 valence electrons. The van der Waals surface area contributed by atoms with Crippen LogP contribution in [-0.2, 0) is 4.74 Å². The molecule has 1 aliphatic carbocycles. The quantitative estimate of drug-likeness (QED) is 0.781. The molecule has 20 heavy (non-hydrogen) atoms. The summed E-state index contributed by atoms with van der Waals surface area (Å²) in [6, 6.07) is 5.89. The maximum Gasteiger partial charge on any atom is 0.0756 e. The number of benzene rings is 1. The van der Waals surface area contributed by atoms with Crippen LogP contribution in [0.25, 0.3) is 0 Å². The molecule has 1 aromatic carbocycles. The number of rotatable bonds is 3. The third kappa shape index (κ3) is 3.32. The Balaban J connectivity index is 1.56. The van der Waals surface area contributed by atoms with Crippen molar-refractivity contribution < 1.29 is 4.74 Å². The van der Waals surface area contributed by atoms with Crippen molar-refractivity contribution in [1.29, 1.82) is 0 Å². The number of hydrogen-bond acceptors (Lipinski definition) is 2. The Labute approximate surface area is 134 Å². The van der Waals surface area contributed by atoms with Gasteiger partial charge < -0.3 is 10.1 Å². The summed E-state index contributed by atoms with van der Waals surface area (Å²) in [4.78, 5) is 0. The smallest absolute Gasteiger partial charge is 0.0756 e. The lowest BCUT2D eigenvalue weighted by atomic mass is 9.83. The van der Waals surface area contributed by atoms with E-state index in [1.54, 1.807) is 0 Å². The van der Waals surface area contributed by atoms with Crippen LogP contribution < -0.4 is 5.32 Å². The number of anilines is 1. The van der Waals surface area contributed by atoms with Gasteiger partial charge in [0.05, 0.1) is 22.4 Å². The molecule has 4 heteroatoms. The van der Waals surface area contributed by atoms with Gasteiger partial charge in [0.2, 0.25) is 0 Å². The molecule has 1 aliphatic heterocycles. The molecule has 2 nitrogen and oxygen atoms in total. The van der Waals surface area contributed by atoms with Crippen molar-refractivity contribution in [2.75, 3.05) is 11.9 Å². The second-order valence-corrected chi connectivity index (χ2v) is 7.35. The van der Waals surface area contributed by atoms with Crippen molar-refractivity contribution in [3.8, 4) is 0 Å². The van der Waals surface area contributed by atoms with Gasteiger partial charge in [0.15, 0.2) is 0 Å². The van der Waals surface area contributed by atoms with Gasteiger partial charge in [-0.1, -0.05) is 46.8 Å². The monoisotopic (exact) mass is 357 g/mol. The molecule has 2 aliphatic rings. The molecule has 1 aromatic rings. The first-order chi connectivity index (χ1) is 9.67. The minimum absolute atomic E-state index is 0.200. The van der Waals surface area contributed by atoms with E-state index in [2.05, 4.69) is 21.2 Å². The van der Waals surface area contributed by atoms with Gasteiger partial charge >= 0.3 is 0 Å². The number of ether oxygens (including phenoxy) is 1. The van der Waals surface area contributed by atoms with Crippen LogP contribution in [0.2, 0.25) is 5.02 Å². The Kier molecular flexibility index (Phi) is 4.58. The van der Waals surface area contributed by atoms with E-state index >= 15 is 0 Å². The van der Waals surface area contributed by atoms with E-state index in [0.717, 1.165) is 21.7 Å². The summed E-state index contributed by atoms with van der Waals surface area (Å²) in [6.45, 7) is 0.845. The molecule has 1 saturated heterocycles. The van der Waals surface area contributed by atoms with Gasteiger partial charge in [-0.15, -0.1) is 0 Å². The van der Waals surface area contributed by atoms with Gasteiger partial charge in [-0.3, -0.25) is 0 Å². The normalized spacial score (nSPS) is 25.0. The third-order valence-electron chi connectivity index (χ3n) is 4.55. The van der Waals surface area contributed by atoms with E-state index in [1.165, 1.54) is 44.9 Å². The van der Waals surface area contributed by atoms with Crippen LogP contribution in [0, 0.1) is 0 Å². The lowest BCUT2D eigenvalue weighted by Crippen LogP contribution is -2.33. The molecule has 0 aromatic heterocycles. The molecule has 1 spiro atoms. The Hall–Kier alpha value is -0.250. The topological polar surface area (TPSA) is 21.3 Å². The summed E-state index contributed by atoms with van der Waals surface area (Å²) in [5.41, 5.74) is 1.18. The lowest BCUT2D eigenvalue weighted by Gasteiger charge is -2.33. The maximum atomic E-state index is 6.36. The predicted octanol–water partition coefficient (Wildman–Crippen LogP) is 5.40. The summed E-state index contributed by atoms with van der Waals surface area (Å²) < 4.78 is 7.41. The molecular formula is C16H21BrClNO. The first kappa shape index (κ1) is 14.7. The first-order valence-electron chi connectivity index (χ1n) is 7.54. The average molecular weight is 359 g/mol. The number of hydrogen-bond donors (Lipinski definition) is 1. The number of halogens is 2. The van der Waals surface area contributed by atoms with Gasteiger partial charge in [0.25, 0.3) is 0 Å². The molecule has 0 amide bonds. The fourth-order valence-electron chi connectivity index (χ4n) is 3.46. The minimum Gasteiger partial charge on any atom is -0.381 e. The van der Waals surface area contributed by atoms with Gasteiger partial charge in [-0.25, -0.2) is 0 Å². The van der Waals surface area contributed by atoms with E-state index in [9.17, 15) is 0 Å². The van der Waals surface area contributed by atoms with E-state index in [-0.39, 0.29) is 5.60 Å². The van der Waals surface area contributed by atoms with E-state index in [1.807, 2.05) is 18.2 Å². The van der Waals surface area contributed by atoms with Crippen LogP contribution >= 0.6 is 27.5 Å². The molecule has 1 N–H and O–H groups in total. The predicted molar refractivity (Wildman–Crippen MR) is 87.6 cm³/mol. The molecule has 1 heterocycles. The molecular weight excluding hydrogens is 338 g/mol. The Morgan fingerprint density at radius 1 is 1.25 bits per heavy atom. The van der Waals surface area contributed by atoms with Crippen molar-refractivity contribution in [1.82, 2.24) is 0 Å². The van der Waals surface area contributed by atoms with Crippen molar-refractivity contribution in [2.24, 2.45) is 0 Å². The standard InChI is InChI=1S/C16H21BrClNO/c17-12-4-5-14(18)15(10-12)19-11-13-6-9-16(20-13)7-2-1-3-8-16/h4-5,10,13,19H,1-3,6-9,11H2. The molecule has 3 rings (SSSR count). The van der Waals surface area contributed by atoms with Crippen LogP contribution in [0.1, 0.15) is 44.9 Å². The van der Waals surface area contributed by atoms with E-state index in [0.29, 0.717) is 6.10 Å². The summed E-state index contributed by atoms with van der Waals surface area (Å²) in [5.74, 6) is 0. The first-order valence-corrected chi connectivity index (χ1v) is 8.71. The van der Waals surface area contributed by atoms with Crippen molar-refractivity contribution in [2.45, 2.75) is 56.7 Å². The van der Waals surface area contributed by atoms with Gasteiger partial charge in [-0.05, 0) is 43.9 Å². The van der Waals surface area contributed by atoms with Crippen LogP contribution in [-0.4, -0.2) is 18.2 Å². The molecule has 1 saturated carbocycles. The van der Waals surface area contributed by atoms with Crippen LogP contribution in [0.3, 0.4) is 0 Å².